The van der Waals surface area contributed by atoms with Gasteiger partial charge in [0.2, 0.25) is 6.19 Å². The highest BCUT2D eigenvalue weighted by atomic mass is 15.4. The van der Waals surface area contributed by atoms with Crippen molar-refractivity contribution in [2.75, 3.05) is 16.5 Å². The molecule has 0 amide bonds. The van der Waals surface area contributed by atoms with Gasteiger partial charge < -0.3 is 9.80 Å². The van der Waals surface area contributed by atoms with Crippen LogP contribution in [0, 0.1) is 18.4 Å². The molecule has 0 bridgehead atoms. The van der Waals surface area contributed by atoms with Crippen molar-refractivity contribution in [1.82, 2.24) is 15.0 Å². The van der Waals surface area contributed by atoms with Crippen LogP contribution < -0.4 is 9.80 Å². The summed E-state index contributed by atoms with van der Waals surface area (Å²) in [7, 11) is 0. The monoisotopic (exact) mass is 319 g/mol. The maximum absolute atomic E-state index is 9.09. The third kappa shape index (κ3) is 1.93. The number of rotatable bonds is 2. The van der Waals surface area contributed by atoms with E-state index in [2.05, 4.69) is 57.3 Å². The second kappa shape index (κ2) is 5.20. The maximum Gasteiger partial charge on any atom is 0.208 e. The van der Waals surface area contributed by atoms with Gasteiger partial charge in [-0.3, -0.25) is 4.99 Å². The second-order valence-corrected chi connectivity index (χ2v) is 6.12. The molecule has 24 heavy (non-hydrogen) atoms. The molecular formula is C17H17N7. The normalized spacial score (nSPS) is 15.8. The SMILES string of the molecule is Cc1c(C2=NCN3C2=CN(C(C)C)c2ccccc23)nnn1C#N. The minimum Gasteiger partial charge on any atom is -0.342 e. The van der Waals surface area contributed by atoms with Crippen molar-refractivity contribution in [1.29, 1.82) is 5.26 Å². The Morgan fingerprint density at radius 2 is 1.96 bits per heavy atom. The maximum atomic E-state index is 9.09. The van der Waals surface area contributed by atoms with Crippen molar-refractivity contribution in [2.45, 2.75) is 26.8 Å². The molecule has 2 aromatic rings. The molecule has 1 aromatic carbocycles. The highest BCUT2D eigenvalue weighted by Crippen LogP contribution is 2.40. The highest BCUT2D eigenvalue weighted by Gasteiger charge is 2.34. The quantitative estimate of drug-likeness (QED) is 0.849. The summed E-state index contributed by atoms with van der Waals surface area (Å²) in [6.45, 7) is 6.70. The molecule has 0 saturated carbocycles. The van der Waals surface area contributed by atoms with Crippen LogP contribution in [-0.4, -0.2) is 33.4 Å². The number of nitrogens with zero attached hydrogens (tertiary/aromatic N) is 7. The van der Waals surface area contributed by atoms with E-state index in [9.17, 15) is 0 Å². The standard InChI is InChI=1S/C17H17N7/c1-11(2)22-8-15-17(16-12(3)24(9-18)21-20-16)19-10-23(15)14-7-5-4-6-13(14)22/h4-8,11H,10H2,1-3H3. The van der Waals surface area contributed by atoms with Crippen molar-refractivity contribution in [3.05, 3.63) is 47.6 Å². The zero-order valence-corrected chi connectivity index (χ0v) is 13.8. The summed E-state index contributed by atoms with van der Waals surface area (Å²) < 4.78 is 1.22. The topological polar surface area (TPSA) is 73.3 Å². The second-order valence-electron chi connectivity index (χ2n) is 6.12. The molecule has 2 aliphatic heterocycles. The van der Waals surface area contributed by atoms with Crippen LogP contribution >= 0.6 is 0 Å². The summed E-state index contributed by atoms with van der Waals surface area (Å²) in [6.07, 6.45) is 4.11. The fraction of sp³-hybridized carbons (Fsp3) is 0.294. The fourth-order valence-corrected chi connectivity index (χ4v) is 3.14. The van der Waals surface area contributed by atoms with Crippen LogP contribution in [0.25, 0.3) is 0 Å². The number of aliphatic imine (C=N–C) groups is 1. The first-order chi connectivity index (χ1) is 11.6. The van der Waals surface area contributed by atoms with Gasteiger partial charge in [0, 0.05) is 12.2 Å². The van der Waals surface area contributed by atoms with Crippen LogP contribution in [0.3, 0.4) is 0 Å². The van der Waals surface area contributed by atoms with Crippen LogP contribution in [0.2, 0.25) is 0 Å². The van der Waals surface area contributed by atoms with E-state index in [1.54, 1.807) is 0 Å². The minimum atomic E-state index is 0.318. The van der Waals surface area contributed by atoms with Gasteiger partial charge in [-0.25, -0.2) is 0 Å². The average Bonchev–Trinajstić information content (AvgIpc) is 3.16. The van der Waals surface area contributed by atoms with E-state index in [1.165, 1.54) is 10.4 Å². The predicted molar refractivity (Wildman–Crippen MR) is 91.8 cm³/mol. The van der Waals surface area contributed by atoms with Gasteiger partial charge in [-0.05, 0) is 32.9 Å². The zero-order valence-electron chi connectivity index (χ0n) is 13.8. The van der Waals surface area contributed by atoms with E-state index in [1.807, 2.05) is 25.2 Å². The van der Waals surface area contributed by atoms with Gasteiger partial charge in [0.15, 0.2) is 0 Å². The fourth-order valence-electron chi connectivity index (χ4n) is 3.14. The van der Waals surface area contributed by atoms with E-state index < -0.39 is 0 Å². The van der Waals surface area contributed by atoms with E-state index in [4.69, 9.17) is 5.26 Å². The molecule has 120 valence electrons. The Morgan fingerprint density at radius 1 is 1.21 bits per heavy atom. The molecule has 3 heterocycles. The Hall–Kier alpha value is -3.14. The Bertz CT molecular complexity index is 913. The number of allylic oxidation sites excluding steroid dienone is 1. The first-order valence-electron chi connectivity index (χ1n) is 7.86. The van der Waals surface area contributed by atoms with E-state index in [0.29, 0.717) is 24.1 Å². The first kappa shape index (κ1) is 14.5. The third-order valence-corrected chi connectivity index (χ3v) is 4.39. The van der Waals surface area contributed by atoms with Crippen LogP contribution in [0.15, 0.2) is 41.2 Å². The molecule has 0 N–H and O–H groups in total. The Morgan fingerprint density at radius 3 is 2.62 bits per heavy atom. The summed E-state index contributed by atoms with van der Waals surface area (Å²) in [5, 5.41) is 17.1. The summed E-state index contributed by atoms with van der Waals surface area (Å²) >= 11 is 0. The van der Waals surface area contributed by atoms with Gasteiger partial charge in [-0.15, -0.1) is 5.10 Å². The Kier molecular flexibility index (Phi) is 3.13. The Balaban J connectivity index is 1.83. The van der Waals surface area contributed by atoms with Gasteiger partial charge in [0.25, 0.3) is 0 Å². The lowest BCUT2D eigenvalue weighted by Crippen LogP contribution is -2.35. The molecule has 1 aromatic heterocycles. The van der Waals surface area contributed by atoms with Crippen LogP contribution in [-0.2, 0) is 0 Å². The zero-order chi connectivity index (χ0) is 16.8. The molecule has 7 nitrogen and oxygen atoms in total. The van der Waals surface area contributed by atoms with Crippen LogP contribution in [0.4, 0.5) is 11.4 Å². The molecule has 7 heteroatoms. The van der Waals surface area contributed by atoms with Crippen molar-refractivity contribution in [3.8, 4) is 6.19 Å². The van der Waals surface area contributed by atoms with Crippen LogP contribution in [0.5, 0.6) is 0 Å². The summed E-state index contributed by atoms with van der Waals surface area (Å²) in [6, 6.07) is 8.63. The number of nitriles is 1. The van der Waals surface area contributed by atoms with E-state index in [0.717, 1.165) is 17.1 Å². The molecule has 0 aliphatic carbocycles. The van der Waals surface area contributed by atoms with Gasteiger partial charge >= 0.3 is 0 Å². The highest BCUT2D eigenvalue weighted by molar-refractivity contribution is 6.17. The number of para-hydroxylation sites is 2. The summed E-state index contributed by atoms with van der Waals surface area (Å²) in [5.41, 5.74) is 5.45. The molecule has 0 saturated heterocycles. The number of benzene rings is 1. The van der Waals surface area contributed by atoms with Gasteiger partial charge in [0.1, 0.15) is 18.1 Å². The molecule has 0 atom stereocenters. The average molecular weight is 319 g/mol. The third-order valence-electron chi connectivity index (χ3n) is 4.39. The van der Waals surface area contributed by atoms with Gasteiger partial charge in [-0.1, -0.05) is 17.3 Å². The number of aromatic nitrogens is 3. The number of anilines is 2. The van der Waals surface area contributed by atoms with Crippen molar-refractivity contribution < 1.29 is 0 Å². The predicted octanol–water partition coefficient (Wildman–Crippen LogP) is 2.25. The van der Waals surface area contributed by atoms with Crippen LogP contribution in [0.1, 0.15) is 25.2 Å². The molecule has 4 rings (SSSR count). The number of hydrogen-bond donors (Lipinski definition) is 0. The molecular weight excluding hydrogens is 302 g/mol. The molecule has 0 radical (unpaired) electrons. The van der Waals surface area contributed by atoms with E-state index >= 15 is 0 Å². The Labute approximate surface area is 140 Å². The van der Waals surface area contributed by atoms with Gasteiger partial charge in [-0.2, -0.15) is 9.94 Å². The summed E-state index contributed by atoms with van der Waals surface area (Å²) in [5.74, 6) is 0. The largest absolute Gasteiger partial charge is 0.342 e. The lowest BCUT2D eigenvalue weighted by molar-refractivity contribution is 0.767. The lowest BCUT2D eigenvalue weighted by atomic mass is 10.1. The number of fused-ring (bicyclic) bond motifs is 3. The number of hydrogen-bond acceptors (Lipinski definition) is 6. The van der Waals surface area contributed by atoms with Crippen molar-refractivity contribution in [2.24, 2.45) is 4.99 Å². The molecule has 0 fully saturated rings. The van der Waals surface area contributed by atoms with Crippen molar-refractivity contribution >= 4 is 17.1 Å². The minimum absolute atomic E-state index is 0.318. The van der Waals surface area contributed by atoms with E-state index in [-0.39, 0.29) is 0 Å². The lowest BCUT2D eigenvalue weighted by Gasteiger charge is -2.36. The summed E-state index contributed by atoms with van der Waals surface area (Å²) in [4.78, 5) is 9.09. The smallest absolute Gasteiger partial charge is 0.208 e. The van der Waals surface area contributed by atoms with Gasteiger partial charge in [0.05, 0.1) is 22.8 Å². The first-order valence-corrected chi connectivity index (χ1v) is 7.86. The molecule has 0 unspecified atom stereocenters. The van der Waals surface area contributed by atoms with Crippen molar-refractivity contribution in [3.63, 3.8) is 0 Å². The molecule has 0 spiro atoms. The molecule has 2 aliphatic rings.